The number of nitrogens with one attached hydrogen (secondary N) is 3. The Morgan fingerprint density at radius 2 is 1.96 bits per heavy atom. The van der Waals surface area contributed by atoms with Crippen molar-refractivity contribution in [3.05, 3.63) is 35.9 Å². The van der Waals surface area contributed by atoms with Crippen molar-refractivity contribution in [2.24, 2.45) is 4.99 Å². The van der Waals surface area contributed by atoms with Gasteiger partial charge in [0.25, 0.3) is 0 Å². The predicted molar refractivity (Wildman–Crippen MR) is 127 cm³/mol. The van der Waals surface area contributed by atoms with E-state index in [0.717, 1.165) is 32.1 Å². The van der Waals surface area contributed by atoms with Crippen LogP contribution in [-0.4, -0.2) is 64.3 Å². The van der Waals surface area contributed by atoms with Gasteiger partial charge in [0.1, 0.15) is 0 Å². The van der Waals surface area contributed by atoms with Crippen molar-refractivity contribution >= 4 is 40.0 Å². The fourth-order valence-electron chi connectivity index (χ4n) is 3.22. The molecule has 1 fully saturated rings. The SMILES string of the molecule is CCNC(=NCC1CCCN1Cc1ccccc1)NCCCNS(C)(=O)=O.I. The number of hydrogen-bond donors (Lipinski definition) is 3. The summed E-state index contributed by atoms with van der Waals surface area (Å²) in [5, 5.41) is 6.54. The molecule has 1 aliphatic rings. The molecule has 1 unspecified atom stereocenters. The topological polar surface area (TPSA) is 85.8 Å². The fraction of sp³-hybridized carbons (Fsp3) is 0.632. The van der Waals surface area contributed by atoms with Crippen LogP contribution in [0.5, 0.6) is 0 Å². The summed E-state index contributed by atoms with van der Waals surface area (Å²) in [6.45, 7) is 6.80. The molecule has 0 amide bonds. The highest BCUT2D eigenvalue weighted by Gasteiger charge is 2.24. The summed E-state index contributed by atoms with van der Waals surface area (Å²) in [6.07, 6.45) is 4.28. The Morgan fingerprint density at radius 1 is 1.21 bits per heavy atom. The molecular weight excluding hydrogens is 489 g/mol. The smallest absolute Gasteiger partial charge is 0.208 e. The highest BCUT2D eigenvalue weighted by molar-refractivity contribution is 14.0. The van der Waals surface area contributed by atoms with Crippen LogP contribution in [0.2, 0.25) is 0 Å². The first-order chi connectivity index (χ1) is 13.0. The Morgan fingerprint density at radius 3 is 2.64 bits per heavy atom. The molecule has 1 aliphatic heterocycles. The van der Waals surface area contributed by atoms with Gasteiger partial charge in [0.15, 0.2) is 5.96 Å². The number of sulfonamides is 1. The first-order valence-corrected chi connectivity index (χ1v) is 11.6. The van der Waals surface area contributed by atoms with Crippen LogP contribution in [0.25, 0.3) is 0 Å². The molecule has 7 nitrogen and oxygen atoms in total. The van der Waals surface area contributed by atoms with Crippen LogP contribution < -0.4 is 15.4 Å². The van der Waals surface area contributed by atoms with Gasteiger partial charge in [0, 0.05) is 32.2 Å². The Kier molecular flexibility index (Phi) is 12.0. The highest BCUT2D eigenvalue weighted by Crippen LogP contribution is 2.20. The number of halogens is 1. The zero-order valence-electron chi connectivity index (χ0n) is 16.9. The molecule has 1 atom stereocenters. The third-order valence-corrected chi connectivity index (χ3v) is 5.27. The van der Waals surface area contributed by atoms with Crippen LogP contribution in [0.3, 0.4) is 0 Å². The van der Waals surface area contributed by atoms with Crippen LogP contribution in [0.15, 0.2) is 35.3 Å². The van der Waals surface area contributed by atoms with Crippen LogP contribution in [0, 0.1) is 0 Å². The van der Waals surface area contributed by atoms with E-state index < -0.39 is 10.0 Å². The second kappa shape index (κ2) is 13.3. The van der Waals surface area contributed by atoms with Crippen molar-refractivity contribution in [3.63, 3.8) is 0 Å². The summed E-state index contributed by atoms with van der Waals surface area (Å²) in [5.41, 5.74) is 1.34. The second-order valence-electron chi connectivity index (χ2n) is 6.92. The van der Waals surface area contributed by atoms with Gasteiger partial charge < -0.3 is 10.6 Å². The van der Waals surface area contributed by atoms with E-state index in [-0.39, 0.29) is 24.0 Å². The van der Waals surface area contributed by atoms with E-state index in [1.54, 1.807) is 0 Å². The minimum Gasteiger partial charge on any atom is -0.357 e. The molecule has 2 rings (SSSR count). The molecule has 1 aromatic rings. The molecule has 0 spiro atoms. The molecule has 1 saturated heterocycles. The van der Waals surface area contributed by atoms with Crippen molar-refractivity contribution in [1.82, 2.24) is 20.3 Å². The van der Waals surface area contributed by atoms with Gasteiger partial charge in [0.05, 0.1) is 12.8 Å². The first kappa shape index (κ1) is 25.1. The number of likely N-dealkylation sites (tertiary alicyclic amines) is 1. The molecule has 160 valence electrons. The number of guanidine groups is 1. The minimum atomic E-state index is -3.12. The number of benzene rings is 1. The molecule has 0 bridgehead atoms. The zero-order valence-corrected chi connectivity index (χ0v) is 20.0. The molecule has 1 heterocycles. The maximum Gasteiger partial charge on any atom is 0.208 e. The fourth-order valence-corrected chi connectivity index (χ4v) is 3.73. The van der Waals surface area contributed by atoms with Crippen LogP contribution in [0.4, 0.5) is 0 Å². The van der Waals surface area contributed by atoms with Crippen molar-refractivity contribution in [1.29, 1.82) is 0 Å². The van der Waals surface area contributed by atoms with Crippen LogP contribution in [-0.2, 0) is 16.6 Å². The van der Waals surface area contributed by atoms with Gasteiger partial charge in [-0.2, -0.15) is 0 Å². The Balaban J connectivity index is 0.00000392. The average Bonchev–Trinajstić information content (AvgIpc) is 3.06. The molecule has 3 N–H and O–H groups in total. The predicted octanol–water partition coefficient (Wildman–Crippen LogP) is 1.76. The summed E-state index contributed by atoms with van der Waals surface area (Å²) < 4.78 is 24.6. The standard InChI is InChI=1S/C19H33N5O2S.HI/c1-3-20-19(21-12-8-13-23-27(2,25)26)22-15-18-11-7-14-24(18)16-17-9-5-4-6-10-17;/h4-6,9-10,18,23H,3,7-8,11-16H2,1-2H3,(H2,20,21,22);1H. The zero-order chi connectivity index (χ0) is 19.5. The summed E-state index contributed by atoms with van der Waals surface area (Å²) >= 11 is 0. The lowest BCUT2D eigenvalue weighted by Gasteiger charge is -2.23. The maximum atomic E-state index is 11.1. The quantitative estimate of drug-likeness (QED) is 0.188. The van der Waals surface area contributed by atoms with Gasteiger partial charge in [-0.25, -0.2) is 13.1 Å². The number of nitrogens with zero attached hydrogens (tertiary/aromatic N) is 2. The van der Waals surface area contributed by atoms with Gasteiger partial charge >= 0.3 is 0 Å². The van der Waals surface area contributed by atoms with Crippen molar-refractivity contribution in [2.45, 2.75) is 38.8 Å². The lowest BCUT2D eigenvalue weighted by atomic mass is 10.2. The summed E-state index contributed by atoms with van der Waals surface area (Å²) in [6, 6.07) is 11.0. The van der Waals surface area contributed by atoms with Crippen molar-refractivity contribution in [3.8, 4) is 0 Å². The van der Waals surface area contributed by atoms with Crippen LogP contribution in [0.1, 0.15) is 31.7 Å². The summed E-state index contributed by atoms with van der Waals surface area (Å²) in [4.78, 5) is 7.26. The molecule has 0 radical (unpaired) electrons. The number of aliphatic imine (C=N–C) groups is 1. The highest BCUT2D eigenvalue weighted by atomic mass is 127. The number of rotatable bonds is 10. The minimum absolute atomic E-state index is 0. The lowest BCUT2D eigenvalue weighted by molar-refractivity contribution is 0.250. The largest absolute Gasteiger partial charge is 0.357 e. The van der Waals surface area contributed by atoms with Gasteiger partial charge in [-0.1, -0.05) is 30.3 Å². The van der Waals surface area contributed by atoms with E-state index in [1.807, 2.05) is 6.92 Å². The molecule has 1 aromatic carbocycles. The summed E-state index contributed by atoms with van der Waals surface area (Å²) in [7, 11) is -3.12. The van der Waals surface area contributed by atoms with Crippen LogP contribution >= 0.6 is 24.0 Å². The van der Waals surface area contributed by atoms with E-state index in [1.165, 1.54) is 24.7 Å². The van der Waals surface area contributed by atoms with Crippen molar-refractivity contribution in [2.75, 3.05) is 39.0 Å². The van der Waals surface area contributed by atoms with Crippen molar-refractivity contribution < 1.29 is 8.42 Å². The lowest BCUT2D eigenvalue weighted by Crippen LogP contribution is -2.40. The monoisotopic (exact) mass is 523 g/mol. The number of hydrogen-bond acceptors (Lipinski definition) is 4. The Hall–Kier alpha value is -0.910. The van der Waals surface area contributed by atoms with Gasteiger partial charge in [-0.15, -0.1) is 24.0 Å². The maximum absolute atomic E-state index is 11.1. The second-order valence-corrected chi connectivity index (χ2v) is 8.75. The van der Waals surface area contributed by atoms with E-state index in [0.29, 0.717) is 25.6 Å². The molecule has 9 heteroatoms. The third kappa shape index (κ3) is 10.0. The molecule has 0 aromatic heterocycles. The molecule has 0 aliphatic carbocycles. The average molecular weight is 523 g/mol. The van der Waals surface area contributed by atoms with Gasteiger partial charge in [-0.3, -0.25) is 9.89 Å². The summed E-state index contributed by atoms with van der Waals surface area (Å²) in [5.74, 6) is 0.795. The van der Waals surface area contributed by atoms with E-state index in [9.17, 15) is 8.42 Å². The van der Waals surface area contributed by atoms with Gasteiger partial charge in [0.2, 0.25) is 10.0 Å². The van der Waals surface area contributed by atoms with E-state index in [2.05, 4.69) is 50.6 Å². The van der Waals surface area contributed by atoms with E-state index >= 15 is 0 Å². The van der Waals surface area contributed by atoms with E-state index in [4.69, 9.17) is 4.99 Å². The Labute approximate surface area is 186 Å². The molecule has 0 saturated carbocycles. The third-order valence-electron chi connectivity index (χ3n) is 4.54. The molecule has 28 heavy (non-hydrogen) atoms. The normalized spacial score (nSPS) is 17.9. The first-order valence-electron chi connectivity index (χ1n) is 9.72. The Bertz CT molecular complexity index is 685. The molecular formula is C19H34IN5O2S. The van der Waals surface area contributed by atoms with Gasteiger partial charge in [-0.05, 0) is 38.3 Å².